The molecule has 0 aliphatic carbocycles. The van der Waals surface area contributed by atoms with E-state index in [0.29, 0.717) is 5.56 Å². The Kier molecular flexibility index (Phi) is 4.70. The van der Waals surface area contributed by atoms with Crippen LogP contribution < -0.4 is 5.32 Å². The number of benzene rings is 2. The highest BCUT2D eigenvalue weighted by Crippen LogP contribution is 2.53. The SMILES string of the molecule is CCOC(=O)C1(c2ccccc2)NC(c2ccccc2F)C2C(=O)N(C)C(=O)C21. The first-order valence-electron chi connectivity index (χ1n) is 9.49. The summed E-state index contributed by atoms with van der Waals surface area (Å²) in [6.07, 6.45) is 0. The van der Waals surface area contributed by atoms with Crippen LogP contribution in [0.1, 0.15) is 24.1 Å². The van der Waals surface area contributed by atoms with E-state index in [0.717, 1.165) is 4.90 Å². The average molecular weight is 396 g/mol. The first-order chi connectivity index (χ1) is 13.9. The van der Waals surface area contributed by atoms with Gasteiger partial charge in [0.15, 0.2) is 5.54 Å². The van der Waals surface area contributed by atoms with Crippen molar-refractivity contribution in [2.75, 3.05) is 13.7 Å². The van der Waals surface area contributed by atoms with Gasteiger partial charge < -0.3 is 4.74 Å². The molecule has 0 spiro atoms. The van der Waals surface area contributed by atoms with Crippen LogP contribution in [0.3, 0.4) is 0 Å². The zero-order chi connectivity index (χ0) is 20.8. The quantitative estimate of drug-likeness (QED) is 0.633. The zero-order valence-corrected chi connectivity index (χ0v) is 16.1. The molecule has 150 valence electrons. The van der Waals surface area contributed by atoms with E-state index >= 15 is 0 Å². The molecular weight excluding hydrogens is 375 g/mol. The smallest absolute Gasteiger partial charge is 0.331 e. The van der Waals surface area contributed by atoms with Gasteiger partial charge in [-0.3, -0.25) is 19.8 Å². The van der Waals surface area contributed by atoms with Gasteiger partial charge in [0.25, 0.3) is 0 Å². The molecule has 2 amide bonds. The molecule has 2 aliphatic heterocycles. The summed E-state index contributed by atoms with van der Waals surface area (Å²) in [5, 5.41) is 3.16. The Morgan fingerprint density at radius 3 is 2.41 bits per heavy atom. The molecule has 2 aliphatic rings. The molecule has 0 bridgehead atoms. The second kappa shape index (κ2) is 7.08. The van der Waals surface area contributed by atoms with Gasteiger partial charge in [-0.1, -0.05) is 48.5 Å². The third kappa shape index (κ3) is 2.68. The van der Waals surface area contributed by atoms with Crippen LogP contribution >= 0.6 is 0 Å². The van der Waals surface area contributed by atoms with Crippen LogP contribution in [-0.4, -0.2) is 36.3 Å². The number of carbonyl (C=O) groups excluding carboxylic acids is 3. The number of nitrogens with zero attached hydrogens (tertiary/aromatic N) is 1. The summed E-state index contributed by atoms with van der Waals surface area (Å²) in [6, 6.07) is 13.9. The van der Waals surface area contributed by atoms with Crippen molar-refractivity contribution in [3.8, 4) is 0 Å². The number of carbonyl (C=O) groups is 3. The predicted octanol–water partition coefficient (Wildman–Crippen LogP) is 2.16. The summed E-state index contributed by atoms with van der Waals surface area (Å²) in [5.41, 5.74) is -0.850. The van der Waals surface area contributed by atoms with Gasteiger partial charge in [0.1, 0.15) is 5.82 Å². The van der Waals surface area contributed by atoms with Gasteiger partial charge in [0.05, 0.1) is 18.4 Å². The second-order valence-corrected chi connectivity index (χ2v) is 7.28. The van der Waals surface area contributed by atoms with E-state index in [1.165, 1.54) is 13.1 Å². The van der Waals surface area contributed by atoms with Crippen molar-refractivity contribution in [1.82, 2.24) is 10.2 Å². The molecule has 2 heterocycles. The maximum atomic E-state index is 14.7. The second-order valence-electron chi connectivity index (χ2n) is 7.28. The molecule has 2 aromatic rings. The van der Waals surface area contributed by atoms with Crippen molar-refractivity contribution >= 4 is 17.8 Å². The van der Waals surface area contributed by atoms with Crippen LogP contribution in [0, 0.1) is 17.7 Å². The van der Waals surface area contributed by atoms with Crippen molar-refractivity contribution in [1.29, 1.82) is 0 Å². The Bertz CT molecular complexity index is 980. The summed E-state index contributed by atoms with van der Waals surface area (Å²) in [6.45, 7) is 1.78. The van der Waals surface area contributed by atoms with E-state index in [1.807, 2.05) is 0 Å². The van der Waals surface area contributed by atoms with Crippen molar-refractivity contribution in [2.24, 2.45) is 11.8 Å². The van der Waals surface area contributed by atoms with Crippen molar-refractivity contribution < 1.29 is 23.5 Å². The van der Waals surface area contributed by atoms with Crippen molar-refractivity contribution in [3.63, 3.8) is 0 Å². The Morgan fingerprint density at radius 1 is 1.10 bits per heavy atom. The van der Waals surface area contributed by atoms with E-state index in [4.69, 9.17) is 4.74 Å². The molecule has 7 heteroatoms. The molecule has 4 atom stereocenters. The minimum absolute atomic E-state index is 0.106. The average Bonchev–Trinajstić information content (AvgIpc) is 3.20. The van der Waals surface area contributed by atoms with Crippen LogP contribution in [0.5, 0.6) is 0 Å². The fraction of sp³-hybridized carbons (Fsp3) is 0.318. The highest BCUT2D eigenvalue weighted by Gasteiger charge is 2.69. The predicted molar refractivity (Wildman–Crippen MR) is 102 cm³/mol. The number of hydrogen-bond donors (Lipinski definition) is 1. The number of amides is 2. The number of ether oxygens (including phenoxy) is 1. The molecule has 4 rings (SSSR count). The molecule has 6 nitrogen and oxygen atoms in total. The van der Waals surface area contributed by atoms with Gasteiger partial charge in [-0.15, -0.1) is 0 Å². The number of hydrogen-bond acceptors (Lipinski definition) is 5. The van der Waals surface area contributed by atoms with Crippen LogP contribution in [-0.2, 0) is 24.7 Å². The Morgan fingerprint density at radius 2 is 1.76 bits per heavy atom. The highest BCUT2D eigenvalue weighted by atomic mass is 19.1. The summed E-state index contributed by atoms with van der Waals surface area (Å²) >= 11 is 0. The van der Waals surface area contributed by atoms with Gasteiger partial charge in [0, 0.05) is 18.7 Å². The van der Waals surface area contributed by atoms with Crippen LogP contribution in [0.4, 0.5) is 4.39 Å². The third-order valence-electron chi connectivity index (χ3n) is 5.85. The van der Waals surface area contributed by atoms with Gasteiger partial charge in [-0.05, 0) is 18.6 Å². The first kappa shape index (κ1) is 19.3. The number of nitrogens with one attached hydrogen (secondary N) is 1. The number of halogens is 1. The lowest BCUT2D eigenvalue weighted by Gasteiger charge is -2.33. The largest absolute Gasteiger partial charge is 0.464 e. The number of fused-ring (bicyclic) bond motifs is 1. The molecule has 1 N–H and O–H groups in total. The van der Waals surface area contributed by atoms with Crippen molar-refractivity contribution in [2.45, 2.75) is 18.5 Å². The molecule has 2 fully saturated rings. The Labute approximate surface area is 167 Å². The molecule has 2 aromatic carbocycles. The number of esters is 1. The lowest BCUT2D eigenvalue weighted by molar-refractivity contribution is -0.156. The Hall–Kier alpha value is -3.06. The fourth-order valence-corrected chi connectivity index (χ4v) is 4.56. The minimum Gasteiger partial charge on any atom is -0.464 e. The summed E-state index contributed by atoms with van der Waals surface area (Å²) in [5.74, 6) is -4.05. The molecular formula is C22H21FN2O4. The molecule has 29 heavy (non-hydrogen) atoms. The van der Waals surface area contributed by atoms with E-state index in [-0.39, 0.29) is 12.2 Å². The number of rotatable bonds is 4. The first-order valence-corrected chi connectivity index (χ1v) is 9.49. The topological polar surface area (TPSA) is 75.7 Å². The van der Waals surface area contributed by atoms with E-state index in [2.05, 4.69) is 5.32 Å². The van der Waals surface area contributed by atoms with Gasteiger partial charge in [-0.2, -0.15) is 0 Å². The monoisotopic (exact) mass is 396 g/mol. The third-order valence-corrected chi connectivity index (χ3v) is 5.85. The standard InChI is InChI=1S/C22H21FN2O4/c1-3-29-21(28)22(13-9-5-4-6-10-13)17-16(19(26)25(2)20(17)27)18(24-22)14-11-7-8-12-15(14)23/h4-12,16-18,24H,3H2,1-2H3. The number of imide groups is 1. The highest BCUT2D eigenvalue weighted by molar-refractivity contribution is 6.09. The van der Waals surface area contributed by atoms with Crippen LogP contribution in [0.25, 0.3) is 0 Å². The van der Waals surface area contributed by atoms with Gasteiger partial charge in [0.2, 0.25) is 11.8 Å². The maximum Gasteiger partial charge on any atom is 0.331 e. The molecule has 0 aromatic heterocycles. The van der Waals surface area contributed by atoms with Gasteiger partial charge >= 0.3 is 5.97 Å². The molecule has 4 unspecified atom stereocenters. The van der Waals surface area contributed by atoms with Crippen molar-refractivity contribution in [3.05, 3.63) is 71.5 Å². The summed E-state index contributed by atoms with van der Waals surface area (Å²) in [7, 11) is 1.39. The summed E-state index contributed by atoms with van der Waals surface area (Å²) in [4.78, 5) is 40.4. The van der Waals surface area contributed by atoms with E-state index in [9.17, 15) is 18.8 Å². The number of likely N-dealkylation sites (tertiary alicyclic amines) is 1. The zero-order valence-electron chi connectivity index (χ0n) is 16.1. The minimum atomic E-state index is -1.59. The lowest BCUT2D eigenvalue weighted by atomic mass is 9.75. The van der Waals surface area contributed by atoms with Gasteiger partial charge in [-0.25, -0.2) is 9.18 Å². The molecule has 2 saturated heterocycles. The Balaban J connectivity index is 1.96. The van der Waals surface area contributed by atoms with E-state index < -0.39 is 47.0 Å². The normalized spacial score (nSPS) is 28.5. The lowest BCUT2D eigenvalue weighted by Crippen LogP contribution is -2.53. The van der Waals surface area contributed by atoms with E-state index in [1.54, 1.807) is 55.5 Å². The fourth-order valence-electron chi connectivity index (χ4n) is 4.56. The van der Waals surface area contributed by atoms with Crippen LogP contribution in [0.2, 0.25) is 0 Å². The maximum absolute atomic E-state index is 14.7. The molecule has 0 radical (unpaired) electrons. The summed E-state index contributed by atoms with van der Waals surface area (Å²) < 4.78 is 20.0. The molecule has 0 saturated carbocycles. The van der Waals surface area contributed by atoms with Crippen LogP contribution in [0.15, 0.2) is 54.6 Å².